The summed E-state index contributed by atoms with van der Waals surface area (Å²) in [5.41, 5.74) is 9.41. The molecule has 0 bridgehead atoms. The summed E-state index contributed by atoms with van der Waals surface area (Å²) in [5.74, 6) is 5.75. The highest BCUT2D eigenvalue weighted by Crippen LogP contribution is 2.22. The van der Waals surface area contributed by atoms with Crippen LogP contribution in [0.2, 0.25) is 0 Å². The minimum Gasteiger partial charge on any atom is -0.271 e. The summed E-state index contributed by atoms with van der Waals surface area (Å²) < 4.78 is 0. The molecule has 3 N–H and O–H groups in total. The van der Waals surface area contributed by atoms with E-state index in [1.54, 1.807) is 0 Å². The molecule has 0 heterocycles. The van der Waals surface area contributed by atoms with Crippen molar-refractivity contribution in [2.75, 3.05) is 0 Å². The summed E-state index contributed by atoms with van der Waals surface area (Å²) >= 11 is 0. The number of hydrazine groups is 1. The van der Waals surface area contributed by atoms with Gasteiger partial charge in [0, 0.05) is 0 Å². The van der Waals surface area contributed by atoms with Crippen molar-refractivity contribution in [1.82, 2.24) is 5.43 Å². The molecule has 0 saturated heterocycles. The summed E-state index contributed by atoms with van der Waals surface area (Å²) in [5, 5.41) is 0. The van der Waals surface area contributed by atoms with E-state index in [0.717, 1.165) is 6.42 Å². The molecule has 0 saturated carbocycles. The maximum Gasteiger partial charge on any atom is 0.0500 e. The third-order valence-corrected chi connectivity index (χ3v) is 3.53. The molecule has 0 spiro atoms. The molecule has 0 aliphatic carbocycles. The van der Waals surface area contributed by atoms with E-state index in [0.29, 0.717) is 0 Å². The predicted molar refractivity (Wildman–Crippen MR) is 80.9 cm³/mol. The summed E-state index contributed by atoms with van der Waals surface area (Å²) in [6.07, 6.45) is 0.909. The minimum absolute atomic E-state index is 0.152. The van der Waals surface area contributed by atoms with Crippen molar-refractivity contribution in [2.24, 2.45) is 5.84 Å². The van der Waals surface area contributed by atoms with Gasteiger partial charge in [0.05, 0.1) is 6.04 Å². The first-order chi connectivity index (χ1) is 9.10. The highest BCUT2D eigenvalue weighted by molar-refractivity contribution is 5.33. The van der Waals surface area contributed by atoms with E-state index < -0.39 is 0 Å². The molecule has 0 fully saturated rings. The van der Waals surface area contributed by atoms with Crippen molar-refractivity contribution in [2.45, 2.75) is 33.2 Å². The lowest BCUT2D eigenvalue weighted by atomic mass is 9.94. The van der Waals surface area contributed by atoms with Crippen LogP contribution in [-0.4, -0.2) is 0 Å². The van der Waals surface area contributed by atoms with Crippen LogP contribution in [0.5, 0.6) is 0 Å². The van der Waals surface area contributed by atoms with Crippen LogP contribution in [0.1, 0.15) is 33.9 Å². The fourth-order valence-corrected chi connectivity index (χ4v) is 2.54. The van der Waals surface area contributed by atoms with Gasteiger partial charge in [-0.15, -0.1) is 0 Å². The maximum absolute atomic E-state index is 5.75. The lowest BCUT2D eigenvalue weighted by Gasteiger charge is -2.19. The molecule has 0 radical (unpaired) electrons. The Bertz CT molecular complexity index is 541. The fraction of sp³-hybridized carbons (Fsp3) is 0.294. The first kappa shape index (κ1) is 13.8. The van der Waals surface area contributed by atoms with Crippen LogP contribution in [0.25, 0.3) is 0 Å². The predicted octanol–water partition coefficient (Wildman–Crippen LogP) is 3.36. The molecule has 1 atom stereocenters. The highest BCUT2D eigenvalue weighted by atomic mass is 15.2. The molecule has 1 unspecified atom stereocenters. The van der Waals surface area contributed by atoms with Crippen LogP contribution in [-0.2, 0) is 6.42 Å². The monoisotopic (exact) mass is 254 g/mol. The standard InChI is InChI=1S/C17H22N2/c1-12-8-13(2)10-16(9-12)17(19-18)11-15-7-5-4-6-14(15)3/h4-10,17,19H,11,18H2,1-3H3. The first-order valence-corrected chi connectivity index (χ1v) is 6.69. The molecule has 0 aliphatic heterocycles. The average molecular weight is 254 g/mol. The Labute approximate surface area is 115 Å². The topological polar surface area (TPSA) is 38.0 Å². The number of benzene rings is 2. The molecule has 2 nitrogen and oxygen atoms in total. The normalized spacial score (nSPS) is 12.4. The summed E-state index contributed by atoms with van der Waals surface area (Å²) in [4.78, 5) is 0. The minimum atomic E-state index is 0.152. The maximum atomic E-state index is 5.75. The van der Waals surface area contributed by atoms with E-state index in [1.807, 2.05) is 0 Å². The van der Waals surface area contributed by atoms with Gasteiger partial charge in [-0.3, -0.25) is 11.3 Å². The zero-order valence-electron chi connectivity index (χ0n) is 11.9. The van der Waals surface area contributed by atoms with Gasteiger partial charge in [-0.25, -0.2) is 0 Å². The fourth-order valence-electron chi connectivity index (χ4n) is 2.54. The SMILES string of the molecule is Cc1cc(C)cc(C(Cc2ccccc2C)NN)c1. The van der Waals surface area contributed by atoms with Gasteiger partial charge in [0.15, 0.2) is 0 Å². The smallest absolute Gasteiger partial charge is 0.0500 e. The molecular formula is C17H22N2. The molecule has 19 heavy (non-hydrogen) atoms. The first-order valence-electron chi connectivity index (χ1n) is 6.69. The van der Waals surface area contributed by atoms with Gasteiger partial charge < -0.3 is 0 Å². The lowest BCUT2D eigenvalue weighted by molar-refractivity contribution is 0.550. The van der Waals surface area contributed by atoms with E-state index in [9.17, 15) is 0 Å². The molecule has 2 aromatic carbocycles. The number of nitrogens with one attached hydrogen (secondary N) is 1. The van der Waals surface area contributed by atoms with Gasteiger partial charge in [-0.2, -0.15) is 0 Å². The number of aryl methyl sites for hydroxylation is 3. The average Bonchev–Trinajstić information content (AvgIpc) is 2.36. The van der Waals surface area contributed by atoms with Crippen molar-refractivity contribution in [3.8, 4) is 0 Å². The van der Waals surface area contributed by atoms with Gasteiger partial charge in [0.1, 0.15) is 0 Å². The Kier molecular flexibility index (Phi) is 4.35. The summed E-state index contributed by atoms with van der Waals surface area (Å²) in [7, 11) is 0. The Morgan fingerprint density at radius 1 is 1.00 bits per heavy atom. The molecule has 2 rings (SSSR count). The molecule has 0 amide bonds. The Morgan fingerprint density at radius 3 is 2.21 bits per heavy atom. The van der Waals surface area contributed by atoms with Crippen LogP contribution >= 0.6 is 0 Å². The van der Waals surface area contributed by atoms with Crippen LogP contribution in [0.15, 0.2) is 42.5 Å². The van der Waals surface area contributed by atoms with Crippen LogP contribution < -0.4 is 11.3 Å². The highest BCUT2D eigenvalue weighted by Gasteiger charge is 2.12. The van der Waals surface area contributed by atoms with E-state index in [2.05, 4.69) is 68.7 Å². The number of hydrogen-bond acceptors (Lipinski definition) is 2. The van der Waals surface area contributed by atoms with Crippen molar-refractivity contribution in [3.05, 3.63) is 70.3 Å². The van der Waals surface area contributed by atoms with Crippen molar-refractivity contribution < 1.29 is 0 Å². The van der Waals surface area contributed by atoms with Gasteiger partial charge in [-0.1, -0.05) is 53.6 Å². The van der Waals surface area contributed by atoms with Gasteiger partial charge >= 0.3 is 0 Å². The Balaban J connectivity index is 2.28. The number of nitrogens with two attached hydrogens (primary N) is 1. The molecule has 2 aromatic rings. The van der Waals surface area contributed by atoms with Gasteiger partial charge in [0.25, 0.3) is 0 Å². The third-order valence-electron chi connectivity index (χ3n) is 3.53. The second kappa shape index (κ2) is 6.00. The second-order valence-electron chi connectivity index (χ2n) is 5.27. The summed E-state index contributed by atoms with van der Waals surface area (Å²) in [6, 6.07) is 15.2. The van der Waals surface area contributed by atoms with Crippen LogP contribution in [0, 0.1) is 20.8 Å². The van der Waals surface area contributed by atoms with E-state index in [1.165, 1.54) is 27.8 Å². The molecule has 0 aliphatic rings. The van der Waals surface area contributed by atoms with E-state index in [-0.39, 0.29) is 6.04 Å². The van der Waals surface area contributed by atoms with Gasteiger partial charge in [-0.05, 0) is 43.9 Å². The van der Waals surface area contributed by atoms with Crippen molar-refractivity contribution in [3.63, 3.8) is 0 Å². The van der Waals surface area contributed by atoms with Crippen LogP contribution in [0.4, 0.5) is 0 Å². The van der Waals surface area contributed by atoms with E-state index in [4.69, 9.17) is 5.84 Å². The quantitative estimate of drug-likeness (QED) is 0.648. The lowest BCUT2D eigenvalue weighted by Crippen LogP contribution is -2.29. The van der Waals surface area contributed by atoms with Crippen LogP contribution in [0.3, 0.4) is 0 Å². The third kappa shape index (κ3) is 3.43. The van der Waals surface area contributed by atoms with Gasteiger partial charge in [0.2, 0.25) is 0 Å². The molecule has 100 valence electrons. The number of hydrogen-bond donors (Lipinski definition) is 2. The zero-order chi connectivity index (χ0) is 13.8. The number of rotatable bonds is 4. The van der Waals surface area contributed by atoms with Crippen molar-refractivity contribution >= 4 is 0 Å². The Morgan fingerprint density at radius 2 is 1.63 bits per heavy atom. The summed E-state index contributed by atoms with van der Waals surface area (Å²) in [6.45, 7) is 6.39. The molecule has 0 aromatic heterocycles. The Hall–Kier alpha value is -1.64. The largest absolute Gasteiger partial charge is 0.271 e. The van der Waals surface area contributed by atoms with E-state index >= 15 is 0 Å². The van der Waals surface area contributed by atoms with Crippen molar-refractivity contribution in [1.29, 1.82) is 0 Å². The zero-order valence-corrected chi connectivity index (χ0v) is 11.9. The molecule has 2 heteroatoms. The second-order valence-corrected chi connectivity index (χ2v) is 5.27. The molecular weight excluding hydrogens is 232 g/mol.